The van der Waals surface area contributed by atoms with E-state index in [1.165, 1.54) is 0 Å². The zero-order valence-corrected chi connectivity index (χ0v) is 14.0. The Kier molecular flexibility index (Phi) is 4.51. The van der Waals surface area contributed by atoms with Gasteiger partial charge in [0.2, 0.25) is 0 Å². The maximum absolute atomic E-state index is 12.7. The van der Waals surface area contributed by atoms with E-state index in [2.05, 4.69) is 5.32 Å². The van der Waals surface area contributed by atoms with Crippen LogP contribution in [0.5, 0.6) is 0 Å². The summed E-state index contributed by atoms with van der Waals surface area (Å²) in [6.07, 6.45) is 0.763. The highest BCUT2D eigenvalue weighted by atomic mass is 35.5. The monoisotopic (exact) mass is 351 g/mol. The van der Waals surface area contributed by atoms with Crippen molar-refractivity contribution in [2.45, 2.75) is 31.7 Å². The Morgan fingerprint density at radius 1 is 1.33 bits per heavy atom. The Hall–Kier alpha value is -2.05. The highest BCUT2D eigenvalue weighted by Gasteiger charge is 2.37. The third kappa shape index (κ3) is 3.25. The van der Waals surface area contributed by atoms with E-state index >= 15 is 0 Å². The number of aliphatic carboxylic acids is 1. The first-order valence-corrected chi connectivity index (χ1v) is 8.09. The average Bonchev–Trinajstić information content (AvgIpc) is 2.84. The summed E-state index contributed by atoms with van der Waals surface area (Å²) in [5.74, 6) is -1.18. The van der Waals surface area contributed by atoms with Gasteiger partial charge in [-0.3, -0.25) is 9.59 Å². The van der Waals surface area contributed by atoms with E-state index in [-0.39, 0.29) is 12.2 Å². The van der Waals surface area contributed by atoms with E-state index in [0.29, 0.717) is 42.2 Å². The molecule has 1 aromatic carbocycles. The fourth-order valence-electron chi connectivity index (χ4n) is 3.10. The van der Waals surface area contributed by atoms with Crippen molar-refractivity contribution < 1.29 is 23.8 Å². The minimum absolute atomic E-state index is 0.146. The van der Waals surface area contributed by atoms with E-state index in [9.17, 15) is 14.7 Å². The van der Waals surface area contributed by atoms with Gasteiger partial charge < -0.3 is 19.6 Å². The lowest BCUT2D eigenvalue weighted by Crippen LogP contribution is -2.53. The van der Waals surface area contributed by atoms with E-state index in [1.807, 2.05) is 0 Å². The zero-order chi connectivity index (χ0) is 17.3. The van der Waals surface area contributed by atoms with Crippen LogP contribution >= 0.6 is 11.6 Å². The van der Waals surface area contributed by atoms with Crippen LogP contribution in [0.2, 0.25) is 5.02 Å². The molecule has 1 aliphatic rings. The van der Waals surface area contributed by atoms with Crippen molar-refractivity contribution in [1.82, 2.24) is 5.32 Å². The minimum atomic E-state index is -0.953. The van der Waals surface area contributed by atoms with Crippen molar-refractivity contribution in [2.75, 3.05) is 13.2 Å². The van der Waals surface area contributed by atoms with Crippen molar-refractivity contribution >= 4 is 34.4 Å². The largest absolute Gasteiger partial charge is 0.481 e. The first-order valence-electron chi connectivity index (χ1n) is 7.71. The van der Waals surface area contributed by atoms with Crippen molar-refractivity contribution in [2.24, 2.45) is 0 Å². The lowest BCUT2D eigenvalue weighted by atomic mass is 9.86. The second-order valence-electron chi connectivity index (χ2n) is 6.11. The van der Waals surface area contributed by atoms with Gasteiger partial charge in [-0.25, -0.2) is 0 Å². The molecular formula is C17H18ClNO5. The summed E-state index contributed by atoms with van der Waals surface area (Å²) in [6.45, 7) is 2.62. The standard InChI is InChI=1S/C17H18ClNO5/c1-10-12-8-11(18)2-3-13(12)24-15(10)16(22)19-17(9-14(20)21)4-6-23-7-5-17/h2-3,8H,4-7,9H2,1H3,(H,19,22)(H,20,21). The highest BCUT2D eigenvalue weighted by molar-refractivity contribution is 6.31. The molecule has 128 valence electrons. The van der Waals surface area contributed by atoms with Gasteiger partial charge in [0, 0.05) is 29.2 Å². The van der Waals surface area contributed by atoms with Crippen LogP contribution in [0.4, 0.5) is 0 Å². The van der Waals surface area contributed by atoms with Gasteiger partial charge in [0.1, 0.15) is 5.58 Å². The molecule has 3 rings (SSSR count). The number of carboxylic acid groups (broad SMARTS) is 1. The number of benzene rings is 1. The molecule has 7 heteroatoms. The van der Waals surface area contributed by atoms with Gasteiger partial charge in [0.05, 0.1) is 12.0 Å². The second kappa shape index (κ2) is 6.45. The van der Waals surface area contributed by atoms with E-state index in [0.717, 1.165) is 5.39 Å². The molecule has 0 radical (unpaired) electrons. The van der Waals surface area contributed by atoms with Gasteiger partial charge in [0.25, 0.3) is 5.91 Å². The lowest BCUT2D eigenvalue weighted by molar-refractivity contribution is -0.139. The summed E-state index contributed by atoms with van der Waals surface area (Å²) in [4.78, 5) is 23.9. The molecular weight excluding hydrogens is 334 g/mol. The predicted molar refractivity (Wildman–Crippen MR) is 88.5 cm³/mol. The Balaban J connectivity index is 1.90. The van der Waals surface area contributed by atoms with Gasteiger partial charge in [-0.2, -0.15) is 0 Å². The molecule has 1 aromatic heterocycles. The van der Waals surface area contributed by atoms with Crippen molar-refractivity contribution in [1.29, 1.82) is 0 Å². The molecule has 1 amide bonds. The number of halogens is 1. The normalized spacial score (nSPS) is 16.9. The summed E-state index contributed by atoms with van der Waals surface area (Å²) in [6, 6.07) is 5.15. The van der Waals surface area contributed by atoms with Crippen LogP contribution in [0.3, 0.4) is 0 Å². The molecule has 1 saturated heterocycles. The number of hydrogen-bond donors (Lipinski definition) is 2. The van der Waals surface area contributed by atoms with Gasteiger partial charge in [-0.1, -0.05) is 11.6 Å². The number of carboxylic acids is 1. The maximum atomic E-state index is 12.7. The van der Waals surface area contributed by atoms with Crippen LogP contribution in [-0.2, 0) is 9.53 Å². The molecule has 0 aliphatic carbocycles. The Labute approximate surface area is 143 Å². The first-order chi connectivity index (χ1) is 11.4. The molecule has 24 heavy (non-hydrogen) atoms. The Morgan fingerprint density at radius 2 is 2.04 bits per heavy atom. The van der Waals surface area contributed by atoms with Gasteiger partial charge in [-0.05, 0) is 38.0 Å². The molecule has 2 heterocycles. The summed E-state index contributed by atoms with van der Waals surface area (Å²) >= 11 is 5.99. The molecule has 0 atom stereocenters. The molecule has 0 spiro atoms. The molecule has 1 aliphatic heterocycles. The SMILES string of the molecule is Cc1c(C(=O)NC2(CC(=O)O)CCOCC2)oc2ccc(Cl)cc12. The summed E-state index contributed by atoms with van der Waals surface area (Å²) in [5.41, 5.74) is 0.438. The summed E-state index contributed by atoms with van der Waals surface area (Å²) in [7, 11) is 0. The average molecular weight is 352 g/mol. The predicted octanol–water partition coefficient (Wildman–Crippen LogP) is 3.15. The van der Waals surface area contributed by atoms with Crippen LogP contribution < -0.4 is 5.32 Å². The summed E-state index contributed by atoms with van der Waals surface area (Å²) in [5, 5.41) is 13.4. The number of hydrogen-bond acceptors (Lipinski definition) is 4. The lowest BCUT2D eigenvalue weighted by Gasteiger charge is -2.36. The smallest absolute Gasteiger partial charge is 0.305 e. The molecule has 2 N–H and O–H groups in total. The van der Waals surface area contributed by atoms with E-state index < -0.39 is 17.4 Å². The zero-order valence-electron chi connectivity index (χ0n) is 13.2. The van der Waals surface area contributed by atoms with Gasteiger partial charge in [0.15, 0.2) is 5.76 Å². The maximum Gasteiger partial charge on any atom is 0.305 e. The van der Waals surface area contributed by atoms with E-state index in [1.54, 1.807) is 25.1 Å². The number of aryl methyl sites for hydroxylation is 1. The number of nitrogens with one attached hydrogen (secondary N) is 1. The minimum Gasteiger partial charge on any atom is -0.481 e. The number of fused-ring (bicyclic) bond motifs is 1. The fourth-order valence-corrected chi connectivity index (χ4v) is 3.28. The van der Waals surface area contributed by atoms with Crippen LogP contribution in [0.25, 0.3) is 11.0 Å². The number of carbonyl (C=O) groups excluding carboxylic acids is 1. The molecule has 6 nitrogen and oxygen atoms in total. The third-order valence-corrected chi connectivity index (χ3v) is 4.66. The van der Waals surface area contributed by atoms with E-state index in [4.69, 9.17) is 20.8 Å². The quantitative estimate of drug-likeness (QED) is 0.883. The second-order valence-corrected chi connectivity index (χ2v) is 6.55. The van der Waals surface area contributed by atoms with Crippen molar-refractivity contribution in [3.05, 3.63) is 34.5 Å². The molecule has 0 unspecified atom stereocenters. The molecule has 0 saturated carbocycles. The number of carbonyl (C=O) groups is 2. The van der Waals surface area contributed by atoms with Crippen LogP contribution in [0.1, 0.15) is 35.4 Å². The van der Waals surface area contributed by atoms with Gasteiger partial charge >= 0.3 is 5.97 Å². The third-order valence-electron chi connectivity index (χ3n) is 4.42. The number of rotatable bonds is 4. The Morgan fingerprint density at radius 3 is 2.71 bits per heavy atom. The van der Waals surface area contributed by atoms with Crippen LogP contribution in [0, 0.1) is 6.92 Å². The fraction of sp³-hybridized carbons (Fsp3) is 0.412. The molecule has 1 fully saturated rings. The number of ether oxygens (including phenoxy) is 1. The van der Waals surface area contributed by atoms with Gasteiger partial charge in [-0.15, -0.1) is 0 Å². The molecule has 2 aromatic rings. The summed E-state index contributed by atoms with van der Waals surface area (Å²) < 4.78 is 11.0. The van der Waals surface area contributed by atoms with Crippen molar-refractivity contribution in [3.63, 3.8) is 0 Å². The number of furan rings is 1. The van der Waals surface area contributed by atoms with Crippen LogP contribution in [-0.4, -0.2) is 35.7 Å². The van der Waals surface area contributed by atoms with Crippen molar-refractivity contribution in [3.8, 4) is 0 Å². The topological polar surface area (TPSA) is 88.8 Å². The van der Waals surface area contributed by atoms with Crippen LogP contribution in [0.15, 0.2) is 22.6 Å². The Bertz CT molecular complexity index is 792. The molecule has 0 bridgehead atoms. The first kappa shape index (κ1) is 16.8. The highest BCUT2D eigenvalue weighted by Crippen LogP contribution is 2.30. The number of amides is 1.